The lowest BCUT2D eigenvalue weighted by molar-refractivity contribution is 0.0529. The fourth-order valence-electron chi connectivity index (χ4n) is 2.57. The van der Waals surface area contributed by atoms with E-state index in [0.29, 0.717) is 20.2 Å². The van der Waals surface area contributed by atoms with Crippen LogP contribution in [0.3, 0.4) is 0 Å². The highest BCUT2D eigenvalue weighted by Crippen LogP contribution is 2.36. The molecule has 29 heavy (non-hydrogen) atoms. The lowest BCUT2D eigenvalue weighted by atomic mass is 10.0. The van der Waals surface area contributed by atoms with Crippen LogP contribution in [-0.2, 0) is 4.74 Å². The number of nitrogens with one attached hydrogen (secondary N) is 1. The zero-order chi connectivity index (χ0) is 21.0. The molecule has 0 aliphatic carbocycles. The second-order valence-corrected chi connectivity index (χ2v) is 8.45. The van der Waals surface area contributed by atoms with Crippen molar-refractivity contribution in [2.24, 2.45) is 0 Å². The summed E-state index contributed by atoms with van der Waals surface area (Å²) in [6.45, 7) is 3.98. The van der Waals surface area contributed by atoms with Crippen LogP contribution in [0.2, 0.25) is 0 Å². The number of hydrogen-bond acceptors (Lipinski definition) is 7. The van der Waals surface area contributed by atoms with Gasteiger partial charge in [-0.1, -0.05) is 41.6 Å². The first-order chi connectivity index (χ1) is 13.9. The van der Waals surface area contributed by atoms with E-state index in [1.165, 1.54) is 29.3 Å². The van der Waals surface area contributed by atoms with Crippen molar-refractivity contribution < 1.29 is 14.3 Å². The van der Waals surface area contributed by atoms with Gasteiger partial charge < -0.3 is 10.1 Å². The number of amides is 1. The molecular formula is C20H18BrN3O3S2. The number of nitrogens with zero attached hydrogens (tertiary/aromatic N) is 2. The highest BCUT2D eigenvalue weighted by molar-refractivity contribution is 9.10. The smallest absolute Gasteiger partial charge is 0.341 e. The fourth-order valence-corrected chi connectivity index (χ4v) is 4.24. The number of aromatic nitrogens is 2. The lowest BCUT2D eigenvalue weighted by Gasteiger charge is -2.10. The Kier molecular flexibility index (Phi) is 7.05. The minimum atomic E-state index is -0.480. The van der Waals surface area contributed by atoms with E-state index in [1.807, 2.05) is 42.8 Å². The molecule has 3 rings (SSSR count). The SMILES string of the molecule is CCOC(=O)c1c(-c2ccc(C)cc2)csc1NC(=O)c1nc(SC)ncc1Br. The summed E-state index contributed by atoms with van der Waals surface area (Å²) in [6.07, 6.45) is 3.36. The Bertz CT molecular complexity index is 1050. The van der Waals surface area contributed by atoms with Crippen LogP contribution < -0.4 is 5.32 Å². The van der Waals surface area contributed by atoms with Gasteiger partial charge in [0.1, 0.15) is 16.3 Å². The zero-order valence-corrected chi connectivity index (χ0v) is 19.2. The summed E-state index contributed by atoms with van der Waals surface area (Å²) in [5.74, 6) is -0.913. The van der Waals surface area contributed by atoms with Gasteiger partial charge in [-0.3, -0.25) is 4.79 Å². The van der Waals surface area contributed by atoms with Gasteiger partial charge in [0, 0.05) is 17.1 Å². The number of thioether (sulfide) groups is 1. The largest absolute Gasteiger partial charge is 0.462 e. The predicted molar refractivity (Wildman–Crippen MR) is 120 cm³/mol. The molecule has 1 N–H and O–H groups in total. The number of carbonyl (C=O) groups is 2. The van der Waals surface area contributed by atoms with E-state index in [-0.39, 0.29) is 12.3 Å². The maximum atomic E-state index is 12.8. The van der Waals surface area contributed by atoms with E-state index < -0.39 is 11.9 Å². The molecule has 2 aromatic heterocycles. The maximum absolute atomic E-state index is 12.8. The topological polar surface area (TPSA) is 81.2 Å². The first kappa shape index (κ1) is 21.5. The van der Waals surface area contributed by atoms with Crippen molar-refractivity contribution in [3.05, 3.63) is 57.1 Å². The van der Waals surface area contributed by atoms with Crippen molar-refractivity contribution in [3.63, 3.8) is 0 Å². The maximum Gasteiger partial charge on any atom is 0.341 e. The summed E-state index contributed by atoms with van der Waals surface area (Å²) < 4.78 is 5.71. The van der Waals surface area contributed by atoms with Crippen LogP contribution >= 0.6 is 39.0 Å². The molecule has 2 heterocycles. The number of carbonyl (C=O) groups excluding carboxylic acids is 2. The van der Waals surface area contributed by atoms with Gasteiger partial charge in [0.25, 0.3) is 5.91 Å². The monoisotopic (exact) mass is 491 g/mol. The number of anilines is 1. The number of ether oxygens (including phenoxy) is 1. The molecular weight excluding hydrogens is 474 g/mol. The molecule has 0 unspecified atom stereocenters. The van der Waals surface area contributed by atoms with Crippen LogP contribution in [0.4, 0.5) is 5.00 Å². The minimum Gasteiger partial charge on any atom is -0.462 e. The van der Waals surface area contributed by atoms with Crippen LogP contribution in [-0.4, -0.2) is 34.7 Å². The van der Waals surface area contributed by atoms with Gasteiger partial charge in [0.15, 0.2) is 5.16 Å². The van der Waals surface area contributed by atoms with Crippen LogP contribution in [0.1, 0.15) is 33.3 Å². The molecule has 150 valence electrons. The molecule has 0 saturated carbocycles. The van der Waals surface area contributed by atoms with E-state index in [4.69, 9.17) is 4.74 Å². The number of aryl methyl sites for hydroxylation is 1. The Morgan fingerprint density at radius 1 is 1.28 bits per heavy atom. The minimum absolute atomic E-state index is 0.199. The molecule has 1 aromatic carbocycles. The third-order valence-corrected chi connectivity index (χ3v) is 6.02. The molecule has 9 heteroatoms. The second kappa shape index (κ2) is 9.51. The molecule has 6 nitrogen and oxygen atoms in total. The van der Waals surface area contributed by atoms with Crippen LogP contribution in [0.25, 0.3) is 11.1 Å². The summed E-state index contributed by atoms with van der Waals surface area (Å²) in [5, 5.41) is 5.55. The van der Waals surface area contributed by atoms with E-state index >= 15 is 0 Å². The van der Waals surface area contributed by atoms with E-state index in [0.717, 1.165) is 16.7 Å². The number of benzene rings is 1. The first-order valence-corrected chi connectivity index (χ1v) is 11.6. The van der Waals surface area contributed by atoms with Crippen molar-refractivity contribution in [2.45, 2.75) is 19.0 Å². The van der Waals surface area contributed by atoms with Gasteiger partial charge in [0.2, 0.25) is 0 Å². The molecule has 0 spiro atoms. The van der Waals surface area contributed by atoms with Crippen molar-refractivity contribution >= 4 is 55.9 Å². The number of thiophene rings is 1. The normalized spacial score (nSPS) is 10.6. The Morgan fingerprint density at radius 3 is 2.66 bits per heavy atom. The molecule has 1 amide bonds. The molecule has 0 saturated heterocycles. The molecule has 0 aliphatic rings. The standard InChI is InChI=1S/C20H18BrN3O3S2/c1-4-27-19(26)15-13(12-7-5-11(2)6-8-12)10-29-18(15)24-17(25)16-14(21)9-22-20(23-16)28-3/h5-10H,4H2,1-3H3,(H,24,25). The Hall–Kier alpha value is -2.23. The second-order valence-electron chi connectivity index (χ2n) is 5.95. The Balaban J connectivity index is 2.00. The van der Waals surface area contributed by atoms with Gasteiger partial charge in [-0.15, -0.1) is 11.3 Å². The number of hydrogen-bond donors (Lipinski definition) is 1. The third-order valence-electron chi connectivity index (χ3n) is 3.98. The van der Waals surface area contributed by atoms with Crippen LogP contribution in [0, 0.1) is 6.92 Å². The summed E-state index contributed by atoms with van der Waals surface area (Å²) in [7, 11) is 0. The average molecular weight is 492 g/mol. The van der Waals surface area contributed by atoms with Gasteiger partial charge in [-0.05, 0) is 41.6 Å². The first-order valence-electron chi connectivity index (χ1n) is 8.68. The van der Waals surface area contributed by atoms with E-state index in [1.54, 1.807) is 6.92 Å². The molecule has 0 atom stereocenters. The zero-order valence-electron chi connectivity index (χ0n) is 16.0. The molecule has 0 radical (unpaired) electrons. The molecule has 3 aromatic rings. The Morgan fingerprint density at radius 2 is 2.00 bits per heavy atom. The summed E-state index contributed by atoms with van der Waals surface area (Å²) in [4.78, 5) is 33.9. The average Bonchev–Trinajstić information content (AvgIpc) is 3.12. The van der Waals surface area contributed by atoms with Crippen molar-refractivity contribution in [1.82, 2.24) is 9.97 Å². The highest BCUT2D eigenvalue weighted by Gasteiger charge is 2.24. The highest BCUT2D eigenvalue weighted by atomic mass is 79.9. The molecule has 0 bridgehead atoms. The molecule has 0 aliphatic heterocycles. The Labute approximate surface area is 185 Å². The third kappa shape index (κ3) is 4.85. The predicted octanol–water partition coefficient (Wildman–Crippen LogP) is 5.43. The van der Waals surface area contributed by atoms with E-state index in [2.05, 4.69) is 31.2 Å². The van der Waals surface area contributed by atoms with Crippen molar-refractivity contribution in [3.8, 4) is 11.1 Å². The quantitative estimate of drug-likeness (QED) is 0.281. The summed E-state index contributed by atoms with van der Waals surface area (Å²) in [6, 6.07) is 7.83. The van der Waals surface area contributed by atoms with Gasteiger partial charge in [-0.25, -0.2) is 14.8 Å². The number of rotatable bonds is 6. The van der Waals surface area contributed by atoms with Crippen molar-refractivity contribution in [1.29, 1.82) is 0 Å². The fraction of sp³-hybridized carbons (Fsp3) is 0.200. The number of esters is 1. The summed E-state index contributed by atoms with van der Waals surface area (Å²) >= 11 is 5.92. The van der Waals surface area contributed by atoms with Gasteiger partial charge >= 0.3 is 5.97 Å². The van der Waals surface area contributed by atoms with Crippen molar-refractivity contribution in [2.75, 3.05) is 18.2 Å². The van der Waals surface area contributed by atoms with Gasteiger partial charge in [-0.2, -0.15) is 0 Å². The lowest BCUT2D eigenvalue weighted by Crippen LogP contribution is -2.17. The van der Waals surface area contributed by atoms with E-state index in [9.17, 15) is 9.59 Å². The van der Waals surface area contributed by atoms with Gasteiger partial charge in [0.05, 0.1) is 11.1 Å². The summed E-state index contributed by atoms with van der Waals surface area (Å²) in [5.41, 5.74) is 3.25. The van der Waals surface area contributed by atoms with Crippen LogP contribution in [0.5, 0.6) is 0 Å². The number of halogens is 1. The molecule has 0 fully saturated rings. The van der Waals surface area contributed by atoms with Crippen LogP contribution in [0.15, 0.2) is 45.5 Å².